The highest BCUT2D eigenvalue weighted by molar-refractivity contribution is 7.91. The van der Waals surface area contributed by atoms with E-state index in [2.05, 4.69) is 57.6 Å². The lowest BCUT2D eigenvalue weighted by Crippen LogP contribution is -2.60. The Balaban J connectivity index is 0.918. The largest absolute Gasteiger partial charge is 0.490 e. The third-order valence-corrected chi connectivity index (χ3v) is 22.9. The number of carbonyl (C=O) groups excluding carboxylic acids is 9. The second-order valence-electron chi connectivity index (χ2n) is 30.7. The number of amides is 9. The van der Waals surface area contributed by atoms with Crippen molar-refractivity contribution in [1.82, 2.24) is 72.1 Å². The van der Waals surface area contributed by atoms with E-state index in [0.29, 0.717) is 52.3 Å². The number of likely N-dealkylation sites (tertiary alicyclic amines) is 2. The molecule has 0 radical (unpaired) electrons. The number of aliphatic carboxylic acids is 1. The number of aliphatic hydroxyl groups is 1. The summed E-state index contributed by atoms with van der Waals surface area (Å²) >= 11 is 0. The number of carbonyl (C=O) groups is 10. The zero-order valence-corrected chi connectivity index (χ0v) is 65.7. The predicted molar refractivity (Wildman–Crippen MR) is 421 cm³/mol. The van der Waals surface area contributed by atoms with Crippen molar-refractivity contribution in [2.45, 2.75) is 183 Å². The predicted octanol–water partition coefficient (Wildman–Crippen LogP) is 2.76. The lowest BCUT2D eigenvalue weighted by Gasteiger charge is -2.36. The van der Waals surface area contributed by atoms with Crippen LogP contribution in [0.4, 0.5) is 0 Å². The molecule has 9 amide bonds. The molecule has 7 aliphatic rings. The van der Waals surface area contributed by atoms with Crippen molar-refractivity contribution in [3.63, 3.8) is 0 Å². The minimum atomic E-state index is -4.19. The summed E-state index contributed by atoms with van der Waals surface area (Å²) in [5.74, 6) is -7.54. The molecule has 31 nitrogen and oxygen atoms in total. The van der Waals surface area contributed by atoms with Gasteiger partial charge in [-0.05, 0) is 127 Å². The maximum Gasteiger partial charge on any atom is 0.326 e. The molecule has 3 fully saturated rings. The van der Waals surface area contributed by atoms with Gasteiger partial charge in [0.1, 0.15) is 78.7 Å². The van der Waals surface area contributed by atoms with Gasteiger partial charge in [-0.1, -0.05) is 141 Å². The number of sulfonamides is 1. The van der Waals surface area contributed by atoms with Crippen molar-refractivity contribution in [2.75, 3.05) is 40.4 Å². The molecular formula is C82H100N14O17S. The first-order chi connectivity index (χ1) is 54.4. The van der Waals surface area contributed by atoms with E-state index >= 15 is 19.2 Å². The molecule has 6 aliphatic heterocycles. The van der Waals surface area contributed by atoms with Gasteiger partial charge >= 0.3 is 5.97 Å². The van der Waals surface area contributed by atoms with Gasteiger partial charge in [-0.15, -0.1) is 5.10 Å². The average molecular weight is 1590 g/mol. The number of fused-ring (bicyclic) bond motifs is 2. The van der Waals surface area contributed by atoms with Crippen LogP contribution >= 0.6 is 0 Å². The molecule has 6 aromatic carbocycles. The summed E-state index contributed by atoms with van der Waals surface area (Å²) in [6.45, 7) is 9.29. The van der Waals surface area contributed by atoms with E-state index in [0.717, 1.165) is 21.5 Å². The number of hydrogen-bond acceptors (Lipinski definition) is 20. The van der Waals surface area contributed by atoms with Crippen molar-refractivity contribution in [3.8, 4) is 11.5 Å². The van der Waals surface area contributed by atoms with Crippen LogP contribution in [0.1, 0.15) is 101 Å². The third-order valence-electron chi connectivity index (χ3n) is 21.0. The van der Waals surface area contributed by atoms with Crippen LogP contribution in [0.3, 0.4) is 0 Å². The van der Waals surface area contributed by atoms with Gasteiger partial charge in [-0.2, -0.15) is 0 Å². The summed E-state index contributed by atoms with van der Waals surface area (Å²) in [4.78, 5) is 148. The van der Waals surface area contributed by atoms with Crippen LogP contribution in [0.25, 0.3) is 21.5 Å². The van der Waals surface area contributed by atoms with E-state index in [4.69, 9.17) is 14.2 Å². The summed E-state index contributed by atoms with van der Waals surface area (Å²) in [7, 11) is -1.05. The van der Waals surface area contributed by atoms with Crippen molar-refractivity contribution in [2.24, 2.45) is 5.41 Å². The molecule has 114 heavy (non-hydrogen) atoms. The zero-order valence-electron chi connectivity index (χ0n) is 64.9. The lowest BCUT2D eigenvalue weighted by atomic mass is 9.85. The molecule has 14 rings (SSSR count). The molecule has 2 saturated heterocycles. The quantitative estimate of drug-likeness (QED) is 0.0584. The van der Waals surface area contributed by atoms with Gasteiger partial charge in [0.25, 0.3) is 5.91 Å². The first kappa shape index (κ1) is 83.7. The highest BCUT2D eigenvalue weighted by Crippen LogP contribution is 2.33. The van der Waals surface area contributed by atoms with Crippen LogP contribution in [-0.4, -0.2) is 221 Å². The maximum atomic E-state index is 15.3. The van der Waals surface area contributed by atoms with Crippen LogP contribution in [0.15, 0.2) is 152 Å². The topological polar surface area (TPSA) is 418 Å². The average Bonchev–Trinajstić information content (AvgIpc) is 1.64. The fourth-order valence-electron chi connectivity index (χ4n) is 14.0. The van der Waals surface area contributed by atoms with Crippen LogP contribution in [0, 0.1) is 5.41 Å². The van der Waals surface area contributed by atoms with Crippen LogP contribution in [0.2, 0.25) is 0 Å². The zero-order chi connectivity index (χ0) is 81.7. The number of benzene rings is 6. The molecule has 7 aromatic rings. The highest BCUT2D eigenvalue weighted by atomic mass is 32.2. The number of nitrogens with zero attached hydrogens (tertiary/aromatic N) is 5. The number of ether oxygens (including phenoxy) is 3. The number of nitrogens with one attached hydrogen (secondary N) is 9. The van der Waals surface area contributed by atoms with E-state index < -0.39 is 158 Å². The van der Waals surface area contributed by atoms with Crippen LogP contribution < -0.4 is 56.7 Å². The number of hydrogen-bond donors (Lipinski definition) is 11. The molecule has 1 saturated carbocycles. The van der Waals surface area contributed by atoms with Crippen molar-refractivity contribution in [3.05, 3.63) is 180 Å². The second kappa shape index (κ2) is 37.2. The Kier molecular flexibility index (Phi) is 27.3. The van der Waals surface area contributed by atoms with Crippen LogP contribution in [-0.2, 0) is 95.0 Å². The molecule has 3 unspecified atom stereocenters. The molecule has 11 N–H and O–H groups in total. The summed E-state index contributed by atoms with van der Waals surface area (Å²) in [5, 5.41) is 55.6. The fourth-order valence-corrected chi connectivity index (χ4v) is 15.3. The van der Waals surface area contributed by atoms with Gasteiger partial charge in [0.05, 0.1) is 48.4 Å². The first-order valence-electron chi connectivity index (χ1n) is 38.2. The molecule has 606 valence electrons. The van der Waals surface area contributed by atoms with Gasteiger partial charge < -0.3 is 76.8 Å². The molecule has 1 aromatic heterocycles. The van der Waals surface area contributed by atoms with Crippen molar-refractivity contribution in [1.29, 1.82) is 0 Å². The monoisotopic (exact) mass is 1580 g/mol. The number of aromatic nitrogens is 3. The molecule has 0 spiro atoms. The van der Waals surface area contributed by atoms with Gasteiger partial charge in [0.2, 0.25) is 57.3 Å². The summed E-state index contributed by atoms with van der Waals surface area (Å²) in [6.07, 6.45) is 2.29. The molecule has 32 heteroatoms. The van der Waals surface area contributed by atoms with E-state index in [-0.39, 0.29) is 71.4 Å². The molecule has 7 heterocycles. The van der Waals surface area contributed by atoms with E-state index in [1.54, 1.807) is 128 Å². The number of rotatable bonds is 17. The Hall–Kier alpha value is -11.2. The number of aliphatic hydroxyl groups excluding tert-OH is 1. The fraction of sp³-hybridized carbons (Fsp3) is 0.439. The number of carboxylic acids is 1. The van der Waals surface area contributed by atoms with Gasteiger partial charge in [0.15, 0.2) is 0 Å². The van der Waals surface area contributed by atoms with E-state index in [9.17, 15) is 47.4 Å². The smallest absolute Gasteiger partial charge is 0.326 e. The van der Waals surface area contributed by atoms with Crippen molar-refractivity contribution < 1.29 is 80.8 Å². The molecule has 10 bridgehead atoms. The highest BCUT2D eigenvalue weighted by Gasteiger charge is 2.49. The number of likely N-dealkylation sites (N-methyl/N-ethyl adjacent to an activating group) is 2. The van der Waals surface area contributed by atoms with E-state index in [1.807, 2.05) is 72.8 Å². The third kappa shape index (κ3) is 21.6. The Morgan fingerprint density at radius 2 is 1.11 bits per heavy atom. The van der Waals surface area contributed by atoms with Gasteiger partial charge in [-0.3, -0.25) is 47.9 Å². The molecule has 13 atom stereocenters. The lowest BCUT2D eigenvalue weighted by molar-refractivity contribution is -0.145. The Morgan fingerprint density at radius 1 is 0.605 bits per heavy atom. The minimum Gasteiger partial charge on any atom is -0.490 e. The Bertz CT molecular complexity index is 4820. The van der Waals surface area contributed by atoms with Gasteiger partial charge in [-0.25, -0.2) is 17.9 Å². The number of carboxylic acid groups (broad SMARTS) is 1. The summed E-state index contributed by atoms with van der Waals surface area (Å²) in [5.41, 5.74) is 1.55. The van der Waals surface area contributed by atoms with Gasteiger partial charge in [0, 0.05) is 51.6 Å². The Labute approximate surface area is 660 Å². The second-order valence-corrected chi connectivity index (χ2v) is 32.6. The standard InChI is InChI=1S/C82H100N14O17S/c1-47(83-7)72(98)89-70(49(3)97)79(105)95-45-62-42-69(95)78(104)87-64(39-52-19-25-54-15-9-11-17-56(54)35-52)74(100)85-66(76(102)92-114(109,110)63-31-32-63)37-50-23-29-61(30-24-50)113-46-58-43-96(93-91-58)59-41-68(94(44-59)80(106)71(82(4,5)6)90-73(99)48(2)84-8)77(103)86-65(40-53-20-26-55-16-10-12-18-57(55)36-53)75(101)88-67(81(107)108)38-51-21-27-60(28-22-51)111-33-13-14-34-112-62/h9-30,35-36,43,47-49,59,62-71,83-84,97H,31-34,37-42,44-46H2,1-8H3,(H,85,100)(H,86,103)(H,87,104)(H,88,101)(H,89,98)(H,90,99)(H,92,102)(H,107,108)/b14-13+/t47-,48-,49+,59?,62?,64-,65-,66-,67-,68-,69?,70+,71+/m0/s1. The van der Waals surface area contributed by atoms with Crippen molar-refractivity contribution >= 4 is 90.7 Å². The van der Waals surface area contributed by atoms with E-state index in [1.165, 1.54) is 21.4 Å². The normalized spacial score (nSPS) is 22.8. The molecule has 1 aliphatic carbocycles. The minimum absolute atomic E-state index is 0.0151. The summed E-state index contributed by atoms with van der Waals surface area (Å²) < 4.78 is 49.1. The molecular weight excluding hydrogens is 1490 g/mol. The SMILES string of the molecule is CN[C@@H](C)C(=O)N[C@H](C(=O)N1CC2C[C@H]1C(=O)N[C@@H](Cc1ccc3ccccc3c1)C(=O)N[C@H](C(=O)O)Cc1ccc(cc1)OC/C=C/COC1CC(C(=O)N[C@@H](Cc3ccc4ccccc4c3)C(=O)N[C@H](C(=O)NS(=O)(=O)C3CC3)Cc3ccc(cc3)OCc3cn2nn3)N(C(=O)[C@H](NC(=O)[C@H](C)NC)[C@@H](C)O)C1)C(C)(C)C. The summed E-state index contributed by atoms with van der Waals surface area (Å²) in [6, 6.07) is 25.4. The first-order valence-corrected chi connectivity index (χ1v) is 39.8. The Morgan fingerprint density at radius 3 is 1.65 bits per heavy atom. The maximum absolute atomic E-state index is 15.3. The van der Waals surface area contributed by atoms with Crippen LogP contribution in [0.5, 0.6) is 11.5 Å².